The van der Waals surface area contributed by atoms with Crippen molar-refractivity contribution in [3.8, 4) is 0 Å². The Kier molecular flexibility index (Phi) is 3.84. The first kappa shape index (κ1) is 9.29. The molecule has 1 aromatic rings. The van der Waals surface area contributed by atoms with E-state index in [0.29, 0.717) is 0 Å². The smallest absolute Gasteiger partial charge is 0.0947 e. The molecule has 0 aromatic carbocycles. The zero-order chi connectivity index (χ0) is 8.81. The fraction of sp³-hybridized carbons (Fsp3) is 0.556. The summed E-state index contributed by atoms with van der Waals surface area (Å²) >= 11 is 0. The Morgan fingerprint density at radius 3 is 2.92 bits per heavy atom. The van der Waals surface area contributed by atoms with Crippen LogP contribution in [0.2, 0.25) is 0 Å². The molecule has 3 heteroatoms. The lowest BCUT2D eigenvalue weighted by Gasteiger charge is -2.17. The van der Waals surface area contributed by atoms with Crippen LogP contribution < -0.4 is 0 Å². The average molecular weight is 169 g/mol. The van der Waals surface area contributed by atoms with E-state index in [9.17, 15) is 0 Å². The highest BCUT2D eigenvalue weighted by Gasteiger charge is 2.02. The van der Waals surface area contributed by atoms with E-state index in [0.717, 1.165) is 25.2 Å². The number of nitrogens with zero attached hydrogens (tertiary/aromatic N) is 1. The topological polar surface area (TPSA) is 36.6 Å². The van der Waals surface area contributed by atoms with Gasteiger partial charge in [-0.25, -0.2) is 0 Å². The quantitative estimate of drug-likeness (QED) is 0.717. The number of hydrogen-bond acceptors (Lipinski definition) is 3. The third-order valence-electron chi connectivity index (χ3n) is 1.85. The van der Waals surface area contributed by atoms with E-state index in [1.165, 1.54) is 0 Å². The van der Waals surface area contributed by atoms with Crippen LogP contribution in [0, 0.1) is 0 Å². The minimum atomic E-state index is 0.214. The van der Waals surface area contributed by atoms with Gasteiger partial charge in [-0.2, -0.15) is 0 Å². The molecular weight excluding hydrogens is 154 g/mol. The molecule has 0 atom stereocenters. The maximum Gasteiger partial charge on any atom is 0.0947 e. The van der Waals surface area contributed by atoms with Gasteiger partial charge in [0, 0.05) is 18.7 Å². The Bertz CT molecular complexity index is 196. The molecule has 0 fully saturated rings. The zero-order valence-corrected chi connectivity index (χ0v) is 7.36. The van der Waals surface area contributed by atoms with Gasteiger partial charge >= 0.3 is 0 Å². The van der Waals surface area contributed by atoms with Crippen LogP contribution in [0.5, 0.6) is 0 Å². The lowest BCUT2D eigenvalue weighted by atomic mass is 10.3. The molecule has 12 heavy (non-hydrogen) atoms. The Labute approximate surface area is 72.6 Å². The summed E-state index contributed by atoms with van der Waals surface area (Å²) in [6.07, 6.45) is 3.40. The molecule has 1 N–H and O–H groups in total. The summed E-state index contributed by atoms with van der Waals surface area (Å²) < 4.78 is 4.95. The van der Waals surface area contributed by atoms with Gasteiger partial charge in [-0.1, -0.05) is 6.92 Å². The van der Waals surface area contributed by atoms with Gasteiger partial charge in [0.05, 0.1) is 19.1 Å². The van der Waals surface area contributed by atoms with Gasteiger partial charge < -0.3 is 9.52 Å². The van der Waals surface area contributed by atoms with Gasteiger partial charge in [-0.3, -0.25) is 4.90 Å². The molecule has 68 valence electrons. The number of hydrogen-bond donors (Lipinski definition) is 1. The van der Waals surface area contributed by atoms with Gasteiger partial charge in [0.1, 0.15) is 0 Å². The van der Waals surface area contributed by atoms with Crippen molar-refractivity contribution in [1.29, 1.82) is 0 Å². The molecule has 1 rings (SSSR count). The second kappa shape index (κ2) is 4.95. The summed E-state index contributed by atoms with van der Waals surface area (Å²) in [5, 5.41) is 8.73. The van der Waals surface area contributed by atoms with Gasteiger partial charge in [-0.05, 0) is 12.6 Å². The first-order valence-electron chi connectivity index (χ1n) is 4.21. The second-order valence-electron chi connectivity index (χ2n) is 2.72. The molecular formula is C9H15NO2. The summed E-state index contributed by atoms with van der Waals surface area (Å²) in [4.78, 5) is 2.16. The first-order chi connectivity index (χ1) is 5.86. The lowest BCUT2D eigenvalue weighted by molar-refractivity contribution is 0.196. The molecule has 0 unspecified atom stereocenters. The van der Waals surface area contributed by atoms with E-state index in [-0.39, 0.29) is 6.61 Å². The van der Waals surface area contributed by atoms with Crippen LogP contribution in [0.25, 0.3) is 0 Å². The van der Waals surface area contributed by atoms with Gasteiger partial charge in [0.15, 0.2) is 0 Å². The molecule has 3 nitrogen and oxygen atoms in total. The van der Waals surface area contributed by atoms with Gasteiger partial charge in [-0.15, -0.1) is 0 Å². The SMILES string of the molecule is CCN(CCO)Cc1ccoc1. The molecule has 0 radical (unpaired) electrons. The van der Waals surface area contributed by atoms with Crippen LogP contribution in [-0.4, -0.2) is 29.7 Å². The van der Waals surface area contributed by atoms with E-state index >= 15 is 0 Å². The highest BCUT2D eigenvalue weighted by atomic mass is 16.3. The highest BCUT2D eigenvalue weighted by Crippen LogP contribution is 2.04. The molecule has 0 aliphatic rings. The predicted molar refractivity (Wildman–Crippen MR) is 46.7 cm³/mol. The van der Waals surface area contributed by atoms with Crippen LogP contribution in [0.3, 0.4) is 0 Å². The van der Waals surface area contributed by atoms with Gasteiger partial charge in [0.25, 0.3) is 0 Å². The van der Waals surface area contributed by atoms with Gasteiger partial charge in [0.2, 0.25) is 0 Å². The number of rotatable bonds is 5. The highest BCUT2D eigenvalue weighted by molar-refractivity contribution is 5.04. The predicted octanol–water partition coefficient (Wildman–Crippen LogP) is 1.09. The Hall–Kier alpha value is -0.800. The Balaban J connectivity index is 2.37. The number of aliphatic hydroxyl groups is 1. The molecule has 1 heterocycles. The standard InChI is InChI=1S/C9H15NO2/c1-2-10(4-5-11)7-9-3-6-12-8-9/h3,6,8,11H,2,4-5,7H2,1H3. The van der Waals surface area contributed by atoms with Crippen molar-refractivity contribution >= 4 is 0 Å². The summed E-state index contributed by atoms with van der Waals surface area (Å²) in [6.45, 7) is 4.82. The fourth-order valence-electron chi connectivity index (χ4n) is 1.13. The van der Waals surface area contributed by atoms with E-state index in [4.69, 9.17) is 9.52 Å². The van der Waals surface area contributed by atoms with E-state index < -0.39 is 0 Å². The molecule has 0 aliphatic heterocycles. The van der Waals surface area contributed by atoms with Crippen LogP contribution in [0.4, 0.5) is 0 Å². The van der Waals surface area contributed by atoms with E-state index in [2.05, 4.69) is 11.8 Å². The van der Waals surface area contributed by atoms with E-state index in [1.807, 2.05) is 6.07 Å². The minimum absolute atomic E-state index is 0.214. The normalized spacial score (nSPS) is 10.9. The number of aliphatic hydroxyl groups excluding tert-OH is 1. The average Bonchev–Trinajstić information content (AvgIpc) is 2.56. The molecule has 0 bridgehead atoms. The molecule has 0 spiro atoms. The largest absolute Gasteiger partial charge is 0.472 e. The maximum atomic E-state index is 8.73. The summed E-state index contributed by atoms with van der Waals surface area (Å²) in [6, 6.07) is 1.94. The Morgan fingerprint density at radius 2 is 2.42 bits per heavy atom. The molecule has 1 aromatic heterocycles. The van der Waals surface area contributed by atoms with Crippen LogP contribution >= 0.6 is 0 Å². The van der Waals surface area contributed by atoms with Crippen molar-refractivity contribution in [3.05, 3.63) is 24.2 Å². The van der Waals surface area contributed by atoms with Crippen molar-refractivity contribution in [2.45, 2.75) is 13.5 Å². The van der Waals surface area contributed by atoms with Crippen molar-refractivity contribution in [2.24, 2.45) is 0 Å². The third kappa shape index (κ3) is 2.68. The van der Waals surface area contributed by atoms with Crippen LogP contribution in [0.1, 0.15) is 12.5 Å². The van der Waals surface area contributed by atoms with Crippen LogP contribution in [-0.2, 0) is 6.54 Å². The van der Waals surface area contributed by atoms with Crippen molar-refractivity contribution in [2.75, 3.05) is 19.7 Å². The zero-order valence-electron chi connectivity index (χ0n) is 7.36. The minimum Gasteiger partial charge on any atom is -0.472 e. The molecule has 0 saturated carbocycles. The summed E-state index contributed by atoms with van der Waals surface area (Å²) in [5.41, 5.74) is 1.16. The Morgan fingerprint density at radius 1 is 1.58 bits per heavy atom. The molecule has 0 saturated heterocycles. The number of likely N-dealkylation sites (N-methyl/N-ethyl adjacent to an activating group) is 1. The third-order valence-corrected chi connectivity index (χ3v) is 1.85. The number of furan rings is 1. The summed E-state index contributed by atoms with van der Waals surface area (Å²) in [5.74, 6) is 0. The maximum absolute atomic E-state index is 8.73. The lowest BCUT2D eigenvalue weighted by Crippen LogP contribution is -2.25. The molecule has 0 amide bonds. The van der Waals surface area contributed by atoms with Crippen molar-refractivity contribution in [3.63, 3.8) is 0 Å². The van der Waals surface area contributed by atoms with Crippen molar-refractivity contribution < 1.29 is 9.52 Å². The monoisotopic (exact) mass is 169 g/mol. The second-order valence-corrected chi connectivity index (χ2v) is 2.72. The summed E-state index contributed by atoms with van der Waals surface area (Å²) in [7, 11) is 0. The van der Waals surface area contributed by atoms with E-state index in [1.54, 1.807) is 12.5 Å². The molecule has 0 aliphatic carbocycles. The first-order valence-corrected chi connectivity index (χ1v) is 4.21. The fourth-order valence-corrected chi connectivity index (χ4v) is 1.13. The van der Waals surface area contributed by atoms with Crippen LogP contribution in [0.15, 0.2) is 23.0 Å². The van der Waals surface area contributed by atoms with Crippen molar-refractivity contribution in [1.82, 2.24) is 4.90 Å².